The molecule has 0 amide bonds. The van der Waals surface area contributed by atoms with Gasteiger partial charge in [-0.1, -0.05) is 0 Å². The molecule has 0 saturated carbocycles. The molecule has 0 heterocycles. The minimum absolute atomic E-state index is 0.146. The van der Waals surface area contributed by atoms with Crippen molar-refractivity contribution < 1.29 is 14.3 Å². The zero-order valence-corrected chi connectivity index (χ0v) is 10.8. The van der Waals surface area contributed by atoms with Crippen molar-refractivity contribution in [3.05, 3.63) is 23.3 Å². The molecule has 4 nitrogen and oxygen atoms in total. The fourth-order valence-corrected chi connectivity index (χ4v) is 1.48. The molecule has 1 aromatic carbocycles. The van der Waals surface area contributed by atoms with Gasteiger partial charge in [0.05, 0.1) is 19.4 Å². The van der Waals surface area contributed by atoms with E-state index in [0.717, 1.165) is 22.6 Å². The van der Waals surface area contributed by atoms with Gasteiger partial charge in [-0.25, -0.2) is 0 Å². The smallest absolute Gasteiger partial charge is 0.325 e. The summed E-state index contributed by atoms with van der Waals surface area (Å²) in [4.78, 5) is 11.2. The van der Waals surface area contributed by atoms with Crippen LogP contribution in [0.4, 0.5) is 5.69 Å². The normalized spacial score (nSPS) is 9.88. The number of benzene rings is 1. The largest absolute Gasteiger partial charge is 0.495 e. The van der Waals surface area contributed by atoms with E-state index >= 15 is 0 Å². The Morgan fingerprint density at radius 1 is 1.29 bits per heavy atom. The lowest BCUT2D eigenvalue weighted by Gasteiger charge is -2.13. The van der Waals surface area contributed by atoms with E-state index in [1.807, 2.05) is 26.0 Å². The van der Waals surface area contributed by atoms with E-state index in [1.54, 1.807) is 14.0 Å². The summed E-state index contributed by atoms with van der Waals surface area (Å²) in [5.74, 6) is 0.463. The molecule has 0 aromatic heterocycles. The molecule has 0 unspecified atom stereocenters. The van der Waals surface area contributed by atoms with Gasteiger partial charge in [-0.2, -0.15) is 0 Å². The Hall–Kier alpha value is -1.71. The third kappa shape index (κ3) is 3.66. The van der Waals surface area contributed by atoms with Crippen LogP contribution in [-0.2, 0) is 9.53 Å². The number of anilines is 1. The fourth-order valence-electron chi connectivity index (χ4n) is 1.48. The van der Waals surface area contributed by atoms with E-state index in [2.05, 4.69) is 5.32 Å². The molecule has 0 aliphatic carbocycles. The van der Waals surface area contributed by atoms with Crippen LogP contribution in [0.1, 0.15) is 18.1 Å². The second-order valence-corrected chi connectivity index (χ2v) is 3.80. The highest BCUT2D eigenvalue weighted by molar-refractivity contribution is 5.76. The zero-order chi connectivity index (χ0) is 12.8. The van der Waals surface area contributed by atoms with Gasteiger partial charge >= 0.3 is 5.97 Å². The van der Waals surface area contributed by atoms with Gasteiger partial charge in [0.15, 0.2) is 0 Å². The lowest BCUT2D eigenvalue weighted by atomic mass is 10.1. The molecule has 94 valence electrons. The summed E-state index contributed by atoms with van der Waals surface area (Å²) in [6, 6.07) is 3.91. The summed E-state index contributed by atoms with van der Waals surface area (Å²) in [5, 5.41) is 3.02. The van der Waals surface area contributed by atoms with Crippen LogP contribution in [0.25, 0.3) is 0 Å². The van der Waals surface area contributed by atoms with Crippen molar-refractivity contribution in [2.75, 3.05) is 25.6 Å². The number of carbonyl (C=O) groups excluding carboxylic acids is 1. The van der Waals surface area contributed by atoms with E-state index in [1.165, 1.54) is 0 Å². The molecule has 0 spiro atoms. The summed E-state index contributed by atoms with van der Waals surface area (Å²) in [7, 11) is 1.61. The van der Waals surface area contributed by atoms with Crippen molar-refractivity contribution in [3.8, 4) is 5.75 Å². The van der Waals surface area contributed by atoms with E-state index in [4.69, 9.17) is 9.47 Å². The SMILES string of the molecule is CCOC(=O)CNc1cc(C)c(C)cc1OC. The number of nitrogens with one attached hydrogen (secondary N) is 1. The average molecular weight is 237 g/mol. The average Bonchev–Trinajstić information content (AvgIpc) is 2.30. The van der Waals surface area contributed by atoms with Crippen molar-refractivity contribution >= 4 is 11.7 Å². The molecule has 4 heteroatoms. The van der Waals surface area contributed by atoms with Gasteiger partial charge in [0.2, 0.25) is 0 Å². The molecule has 1 rings (SSSR count). The third-order valence-corrected chi connectivity index (χ3v) is 2.54. The van der Waals surface area contributed by atoms with Crippen molar-refractivity contribution in [1.29, 1.82) is 0 Å². The highest BCUT2D eigenvalue weighted by atomic mass is 16.5. The molecule has 0 bridgehead atoms. The van der Waals surface area contributed by atoms with E-state index < -0.39 is 0 Å². The quantitative estimate of drug-likeness (QED) is 0.798. The number of ether oxygens (including phenoxy) is 2. The summed E-state index contributed by atoms with van der Waals surface area (Å²) >= 11 is 0. The Morgan fingerprint density at radius 2 is 1.94 bits per heavy atom. The number of aryl methyl sites for hydroxylation is 2. The van der Waals surface area contributed by atoms with E-state index in [9.17, 15) is 4.79 Å². The van der Waals surface area contributed by atoms with Crippen molar-refractivity contribution in [3.63, 3.8) is 0 Å². The van der Waals surface area contributed by atoms with Crippen LogP contribution in [0.5, 0.6) is 5.75 Å². The van der Waals surface area contributed by atoms with Crippen molar-refractivity contribution in [2.24, 2.45) is 0 Å². The maximum absolute atomic E-state index is 11.2. The van der Waals surface area contributed by atoms with Gasteiger partial charge in [0.25, 0.3) is 0 Å². The number of esters is 1. The minimum atomic E-state index is -0.271. The van der Waals surface area contributed by atoms with Gasteiger partial charge in [-0.05, 0) is 44.0 Å². The highest BCUT2D eigenvalue weighted by Gasteiger charge is 2.07. The van der Waals surface area contributed by atoms with Gasteiger partial charge in [-0.15, -0.1) is 0 Å². The topological polar surface area (TPSA) is 47.6 Å². The maximum atomic E-state index is 11.2. The Bertz CT molecular complexity index is 402. The summed E-state index contributed by atoms with van der Waals surface area (Å²) in [6.07, 6.45) is 0. The van der Waals surface area contributed by atoms with Gasteiger partial charge in [0.1, 0.15) is 12.3 Å². The molecule has 0 saturated heterocycles. The van der Waals surface area contributed by atoms with Crippen LogP contribution in [0.3, 0.4) is 0 Å². The highest BCUT2D eigenvalue weighted by Crippen LogP contribution is 2.27. The second-order valence-electron chi connectivity index (χ2n) is 3.80. The van der Waals surface area contributed by atoms with Crippen LogP contribution in [0.2, 0.25) is 0 Å². The number of hydrogen-bond donors (Lipinski definition) is 1. The van der Waals surface area contributed by atoms with Gasteiger partial charge < -0.3 is 14.8 Å². The first kappa shape index (κ1) is 13.4. The van der Waals surface area contributed by atoms with Crippen LogP contribution < -0.4 is 10.1 Å². The maximum Gasteiger partial charge on any atom is 0.325 e. The molecular formula is C13H19NO3. The Morgan fingerprint density at radius 3 is 2.53 bits per heavy atom. The lowest BCUT2D eigenvalue weighted by Crippen LogP contribution is -2.17. The lowest BCUT2D eigenvalue weighted by molar-refractivity contribution is -0.140. The molecule has 17 heavy (non-hydrogen) atoms. The fraction of sp³-hybridized carbons (Fsp3) is 0.462. The predicted octanol–water partition coefficient (Wildman–Crippen LogP) is 2.29. The van der Waals surface area contributed by atoms with Crippen LogP contribution in [0.15, 0.2) is 12.1 Å². The first-order chi connectivity index (χ1) is 8.08. The molecule has 0 atom stereocenters. The molecule has 0 aliphatic rings. The summed E-state index contributed by atoms with van der Waals surface area (Å²) in [6.45, 7) is 6.36. The standard InChI is InChI=1S/C13H19NO3/c1-5-17-13(15)8-14-11-6-9(2)10(3)7-12(11)16-4/h6-7,14H,5,8H2,1-4H3. The van der Waals surface area contributed by atoms with Crippen LogP contribution in [-0.4, -0.2) is 26.2 Å². The Kier molecular flexibility index (Phi) is 4.82. The zero-order valence-electron chi connectivity index (χ0n) is 10.8. The van der Waals surface area contributed by atoms with Gasteiger partial charge in [0, 0.05) is 0 Å². The molecule has 0 aliphatic heterocycles. The first-order valence-electron chi connectivity index (χ1n) is 5.63. The second kappa shape index (κ2) is 6.13. The molecule has 0 fully saturated rings. The predicted molar refractivity (Wildman–Crippen MR) is 67.6 cm³/mol. The summed E-state index contributed by atoms with van der Waals surface area (Å²) < 4.78 is 10.1. The van der Waals surface area contributed by atoms with Gasteiger partial charge in [-0.3, -0.25) is 4.79 Å². The molecule has 1 N–H and O–H groups in total. The van der Waals surface area contributed by atoms with E-state index in [0.29, 0.717) is 6.61 Å². The number of methoxy groups -OCH3 is 1. The third-order valence-electron chi connectivity index (χ3n) is 2.54. The number of hydrogen-bond acceptors (Lipinski definition) is 4. The minimum Gasteiger partial charge on any atom is -0.495 e. The van der Waals surface area contributed by atoms with Crippen molar-refractivity contribution in [2.45, 2.75) is 20.8 Å². The Balaban J connectivity index is 2.76. The first-order valence-corrected chi connectivity index (χ1v) is 5.63. The van der Waals surface area contributed by atoms with Crippen LogP contribution >= 0.6 is 0 Å². The monoisotopic (exact) mass is 237 g/mol. The van der Waals surface area contributed by atoms with E-state index in [-0.39, 0.29) is 12.5 Å². The molecular weight excluding hydrogens is 218 g/mol. The Labute approximate surface area is 102 Å². The molecule has 0 radical (unpaired) electrons. The number of rotatable bonds is 5. The molecule has 1 aromatic rings. The summed E-state index contributed by atoms with van der Waals surface area (Å²) in [5.41, 5.74) is 3.12. The van der Waals surface area contributed by atoms with Crippen LogP contribution in [0, 0.1) is 13.8 Å². The number of carbonyl (C=O) groups is 1. The van der Waals surface area contributed by atoms with Crippen molar-refractivity contribution in [1.82, 2.24) is 0 Å².